The number of fused-ring (bicyclic) bond motifs is 1. The van der Waals surface area contributed by atoms with Gasteiger partial charge in [-0.15, -0.1) is 0 Å². The zero-order chi connectivity index (χ0) is 16.5. The Balaban J connectivity index is 1.54. The van der Waals surface area contributed by atoms with Crippen LogP contribution in [0.25, 0.3) is 0 Å². The number of hydrogen-bond donors (Lipinski definition) is 0. The predicted molar refractivity (Wildman–Crippen MR) is 84.4 cm³/mol. The molecule has 0 aliphatic carbocycles. The van der Waals surface area contributed by atoms with Crippen molar-refractivity contribution in [1.29, 1.82) is 0 Å². The van der Waals surface area contributed by atoms with Crippen LogP contribution >= 0.6 is 0 Å². The number of carbonyl (C=O) groups excluding carboxylic acids is 1. The first kappa shape index (κ1) is 15.3. The Bertz CT molecular complexity index is 718. The molecule has 0 aromatic carbocycles. The van der Waals surface area contributed by atoms with Gasteiger partial charge in [-0.3, -0.25) is 9.78 Å². The third-order valence-electron chi connectivity index (χ3n) is 4.93. The maximum Gasteiger partial charge on any atom is 0.255 e. The summed E-state index contributed by atoms with van der Waals surface area (Å²) in [6.07, 6.45) is 5.11. The summed E-state index contributed by atoms with van der Waals surface area (Å²) in [4.78, 5) is 23.1. The highest BCUT2D eigenvalue weighted by molar-refractivity contribution is 5.93. The molecule has 0 N–H and O–H groups in total. The minimum Gasteiger partial charge on any atom is -0.378 e. The van der Waals surface area contributed by atoms with Crippen LogP contribution in [0.4, 0.5) is 0 Å². The number of piperidine rings is 1. The van der Waals surface area contributed by atoms with Crippen LogP contribution < -0.4 is 0 Å². The summed E-state index contributed by atoms with van der Waals surface area (Å²) in [5.41, 5.74) is 0.623. The summed E-state index contributed by atoms with van der Waals surface area (Å²) in [7, 11) is 0. The van der Waals surface area contributed by atoms with Crippen LogP contribution in [0.1, 0.15) is 40.8 Å². The average Bonchev–Trinajstić information content (AvgIpc) is 3.07. The lowest BCUT2D eigenvalue weighted by atomic mass is 9.79. The van der Waals surface area contributed by atoms with Gasteiger partial charge in [0, 0.05) is 43.9 Å². The predicted octanol–water partition coefficient (Wildman–Crippen LogP) is 1.81. The first-order valence-corrected chi connectivity index (χ1v) is 8.33. The van der Waals surface area contributed by atoms with E-state index >= 15 is 0 Å². The molecule has 7 heteroatoms. The second-order valence-corrected chi connectivity index (χ2v) is 6.43. The van der Waals surface area contributed by atoms with Crippen molar-refractivity contribution in [3.8, 4) is 0 Å². The normalized spacial score (nSPS) is 26.9. The van der Waals surface area contributed by atoms with Crippen molar-refractivity contribution < 1.29 is 14.1 Å². The first-order chi connectivity index (χ1) is 11.7. The number of aromatic nitrogens is 3. The zero-order valence-electron chi connectivity index (χ0n) is 13.6. The quantitative estimate of drug-likeness (QED) is 0.836. The van der Waals surface area contributed by atoms with Gasteiger partial charge in [0.05, 0.1) is 11.7 Å². The summed E-state index contributed by atoms with van der Waals surface area (Å²) in [5.74, 6) is 1.67. The van der Waals surface area contributed by atoms with Crippen molar-refractivity contribution >= 4 is 5.91 Å². The van der Waals surface area contributed by atoms with Crippen LogP contribution in [0.2, 0.25) is 0 Å². The van der Waals surface area contributed by atoms with Gasteiger partial charge in [-0.05, 0) is 31.9 Å². The van der Waals surface area contributed by atoms with E-state index < -0.39 is 0 Å². The van der Waals surface area contributed by atoms with Gasteiger partial charge in [-0.2, -0.15) is 4.98 Å². The molecule has 0 unspecified atom stereocenters. The highest BCUT2D eigenvalue weighted by Gasteiger charge is 2.42. The fraction of sp³-hybridized carbons (Fsp3) is 0.529. The van der Waals surface area contributed by atoms with Crippen molar-refractivity contribution in [2.75, 3.05) is 19.7 Å². The Labute approximate surface area is 140 Å². The molecule has 24 heavy (non-hydrogen) atoms. The molecule has 0 saturated carbocycles. The molecular formula is C17H20N4O3. The Morgan fingerprint density at radius 3 is 3.04 bits per heavy atom. The molecule has 2 aromatic rings. The lowest BCUT2D eigenvalue weighted by Gasteiger charge is -2.44. The molecule has 0 radical (unpaired) electrons. The molecule has 2 aliphatic heterocycles. The standard InChI is InChI=1S/C17H20N4O3/c1-11-19-16(24-20-11)13-5-8-23-15-4-7-21(10-14(13)15)17(22)12-3-2-6-18-9-12/h2-3,6,9,13-15H,4-5,7-8,10H2,1H3/t13-,14-,15-/m1/s1. The SMILES string of the molecule is Cc1noc([C@@H]2CCO[C@@H]3CCN(C(=O)c4cccnc4)C[C@@H]32)n1. The maximum atomic E-state index is 12.7. The van der Waals surface area contributed by atoms with Gasteiger partial charge in [0.15, 0.2) is 5.82 Å². The molecule has 3 atom stereocenters. The van der Waals surface area contributed by atoms with E-state index in [4.69, 9.17) is 9.26 Å². The Morgan fingerprint density at radius 2 is 2.29 bits per heavy atom. The molecule has 0 bridgehead atoms. The first-order valence-electron chi connectivity index (χ1n) is 8.33. The topological polar surface area (TPSA) is 81.4 Å². The Hall–Kier alpha value is -2.28. The van der Waals surface area contributed by atoms with E-state index in [1.807, 2.05) is 11.8 Å². The summed E-state index contributed by atoms with van der Waals surface area (Å²) >= 11 is 0. The Kier molecular flexibility index (Phi) is 4.02. The van der Waals surface area contributed by atoms with E-state index in [2.05, 4.69) is 15.1 Å². The maximum absolute atomic E-state index is 12.7. The average molecular weight is 328 g/mol. The van der Waals surface area contributed by atoms with E-state index in [0.29, 0.717) is 37.0 Å². The highest BCUT2D eigenvalue weighted by Crippen LogP contribution is 2.39. The third kappa shape index (κ3) is 2.80. The lowest BCUT2D eigenvalue weighted by Crippen LogP contribution is -2.51. The fourth-order valence-electron chi connectivity index (χ4n) is 3.74. The van der Waals surface area contributed by atoms with Crippen LogP contribution in [0.5, 0.6) is 0 Å². The van der Waals surface area contributed by atoms with Crippen molar-refractivity contribution in [1.82, 2.24) is 20.0 Å². The summed E-state index contributed by atoms with van der Waals surface area (Å²) in [5, 5.41) is 3.92. The fourth-order valence-corrected chi connectivity index (χ4v) is 3.74. The molecule has 126 valence electrons. The molecule has 1 amide bonds. The van der Waals surface area contributed by atoms with E-state index in [1.165, 1.54) is 0 Å². The van der Waals surface area contributed by atoms with Crippen molar-refractivity contribution in [2.45, 2.75) is 31.8 Å². The van der Waals surface area contributed by atoms with E-state index in [0.717, 1.165) is 12.8 Å². The molecule has 2 aliphatic rings. The molecule has 2 fully saturated rings. The number of rotatable bonds is 2. The lowest BCUT2D eigenvalue weighted by molar-refractivity contribution is -0.0756. The number of pyridine rings is 1. The van der Waals surface area contributed by atoms with Gasteiger partial charge in [-0.1, -0.05) is 5.16 Å². The second-order valence-electron chi connectivity index (χ2n) is 6.43. The van der Waals surface area contributed by atoms with E-state index in [9.17, 15) is 4.79 Å². The largest absolute Gasteiger partial charge is 0.378 e. The molecule has 2 saturated heterocycles. The molecule has 4 heterocycles. The number of hydrogen-bond acceptors (Lipinski definition) is 6. The van der Waals surface area contributed by atoms with Crippen LogP contribution in [0.3, 0.4) is 0 Å². The van der Waals surface area contributed by atoms with Crippen LogP contribution in [-0.2, 0) is 4.74 Å². The number of nitrogens with zero attached hydrogens (tertiary/aromatic N) is 4. The minimum absolute atomic E-state index is 0.0209. The summed E-state index contributed by atoms with van der Waals surface area (Å²) in [6, 6.07) is 3.59. The van der Waals surface area contributed by atoms with Gasteiger partial charge in [0.2, 0.25) is 5.89 Å². The zero-order valence-corrected chi connectivity index (χ0v) is 13.6. The number of likely N-dealkylation sites (tertiary alicyclic amines) is 1. The molecular weight excluding hydrogens is 308 g/mol. The minimum atomic E-state index is 0.0209. The smallest absolute Gasteiger partial charge is 0.255 e. The molecule has 2 aromatic heterocycles. The van der Waals surface area contributed by atoms with Crippen LogP contribution in [-0.4, -0.2) is 51.7 Å². The molecule has 7 nitrogen and oxygen atoms in total. The van der Waals surface area contributed by atoms with Gasteiger partial charge in [-0.25, -0.2) is 0 Å². The van der Waals surface area contributed by atoms with Crippen LogP contribution in [0.15, 0.2) is 29.0 Å². The van der Waals surface area contributed by atoms with Gasteiger partial charge in [0.25, 0.3) is 5.91 Å². The number of ether oxygens (including phenoxy) is 1. The van der Waals surface area contributed by atoms with E-state index in [1.54, 1.807) is 24.5 Å². The summed E-state index contributed by atoms with van der Waals surface area (Å²) < 4.78 is 11.3. The monoisotopic (exact) mass is 328 g/mol. The van der Waals surface area contributed by atoms with Gasteiger partial charge >= 0.3 is 0 Å². The van der Waals surface area contributed by atoms with Gasteiger partial charge < -0.3 is 14.2 Å². The van der Waals surface area contributed by atoms with Gasteiger partial charge in [0.1, 0.15) is 0 Å². The van der Waals surface area contributed by atoms with Crippen LogP contribution in [0, 0.1) is 12.8 Å². The van der Waals surface area contributed by atoms with Crippen molar-refractivity contribution in [3.05, 3.63) is 41.8 Å². The highest BCUT2D eigenvalue weighted by atomic mass is 16.5. The Morgan fingerprint density at radius 1 is 1.38 bits per heavy atom. The third-order valence-corrected chi connectivity index (χ3v) is 4.93. The summed E-state index contributed by atoms with van der Waals surface area (Å²) in [6.45, 7) is 3.86. The van der Waals surface area contributed by atoms with Crippen molar-refractivity contribution in [3.63, 3.8) is 0 Å². The van der Waals surface area contributed by atoms with Crippen molar-refractivity contribution in [2.24, 2.45) is 5.92 Å². The molecule has 0 spiro atoms. The second kappa shape index (κ2) is 6.32. The number of amides is 1. The van der Waals surface area contributed by atoms with E-state index in [-0.39, 0.29) is 23.8 Å². The molecule has 4 rings (SSSR count). The number of aryl methyl sites for hydroxylation is 1. The number of carbonyl (C=O) groups is 1.